The highest BCUT2D eigenvalue weighted by Gasteiger charge is 2.29. The fourth-order valence-electron chi connectivity index (χ4n) is 4.84. The van der Waals surface area contributed by atoms with Gasteiger partial charge in [-0.1, -0.05) is 30.7 Å². The lowest BCUT2D eigenvalue weighted by molar-refractivity contribution is 0.236. The van der Waals surface area contributed by atoms with Crippen molar-refractivity contribution in [3.8, 4) is 11.3 Å². The van der Waals surface area contributed by atoms with Gasteiger partial charge in [-0.15, -0.1) is 0 Å². The Labute approximate surface area is 169 Å². The van der Waals surface area contributed by atoms with Crippen molar-refractivity contribution >= 4 is 5.71 Å². The first-order valence-corrected chi connectivity index (χ1v) is 10.4. The van der Waals surface area contributed by atoms with Gasteiger partial charge in [0.05, 0.1) is 11.4 Å². The van der Waals surface area contributed by atoms with Crippen LogP contribution in [0.2, 0.25) is 0 Å². The summed E-state index contributed by atoms with van der Waals surface area (Å²) < 4.78 is 0. The second-order valence-corrected chi connectivity index (χ2v) is 8.77. The fraction of sp³-hybridized carbons (Fsp3) is 0.440. The normalized spacial score (nSPS) is 26.8. The van der Waals surface area contributed by atoms with E-state index in [0.29, 0.717) is 6.04 Å². The maximum atomic E-state index is 4.98. The summed E-state index contributed by atoms with van der Waals surface area (Å²) in [7, 11) is 4.44. The predicted molar refractivity (Wildman–Crippen MR) is 118 cm³/mol. The molecule has 1 aromatic heterocycles. The molecule has 2 aliphatic rings. The second-order valence-electron chi connectivity index (χ2n) is 8.77. The molecule has 1 fully saturated rings. The minimum Gasteiger partial charge on any atom is -0.306 e. The van der Waals surface area contributed by atoms with E-state index in [1.165, 1.54) is 30.4 Å². The number of hydrogen-bond acceptors (Lipinski definition) is 3. The summed E-state index contributed by atoms with van der Waals surface area (Å²) in [5.41, 5.74) is 5.37. The monoisotopic (exact) mass is 373 g/mol. The first kappa shape index (κ1) is 19.1. The van der Waals surface area contributed by atoms with Gasteiger partial charge in [0.15, 0.2) is 0 Å². The predicted octanol–water partition coefficient (Wildman–Crippen LogP) is 5.27. The first-order valence-electron chi connectivity index (χ1n) is 10.4. The average Bonchev–Trinajstić information content (AvgIpc) is 3.29. The summed E-state index contributed by atoms with van der Waals surface area (Å²) in [6, 6.07) is 16.0. The molecule has 0 radical (unpaired) electrons. The summed E-state index contributed by atoms with van der Waals surface area (Å²) >= 11 is 0. The number of allylic oxidation sites excluding steroid dienone is 1. The zero-order valence-corrected chi connectivity index (χ0v) is 17.5. The van der Waals surface area contributed by atoms with Crippen molar-refractivity contribution < 1.29 is 0 Å². The standard InChI is InChI=1S/C25H31N3/c1-18-14-15-25(2,27-18)24-13-7-11-22(26-24)20-9-5-8-19(16-20)17-21-10-6-12-23(21)28(3)4/h5,7-9,11,13-16,21,23H,6,10,12,17H2,1-4H3. The SMILES string of the molecule is CC1=NC(C)(c2cccc(-c3cccc(CC4CCCC4N(C)C)c3)n2)C=C1. The van der Waals surface area contributed by atoms with E-state index in [-0.39, 0.29) is 5.54 Å². The van der Waals surface area contributed by atoms with E-state index in [1.807, 2.05) is 6.92 Å². The van der Waals surface area contributed by atoms with Gasteiger partial charge in [-0.3, -0.25) is 4.99 Å². The average molecular weight is 374 g/mol. The van der Waals surface area contributed by atoms with Crippen molar-refractivity contribution in [2.24, 2.45) is 10.9 Å². The maximum absolute atomic E-state index is 4.98. The Hall–Kier alpha value is -2.26. The highest BCUT2D eigenvalue weighted by atomic mass is 15.1. The Morgan fingerprint density at radius 1 is 1.11 bits per heavy atom. The largest absolute Gasteiger partial charge is 0.306 e. The molecule has 1 aliphatic heterocycles. The van der Waals surface area contributed by atoms with Crippen LogP contribution < -0.4 is 0 Å². The molecular weight excluding hydrogens is 342 g/mol. The third-order valence-electron chi connectivity index (χ3n) is 6.33. The molecule has 0 spiro atoms. The van der Waals surface area contributed by atoms with Crippen LogP contribution in [0.5, 0.6) is 0 Å². The number of pyridine rings is 1. The van der Waals surface area contributed by atoms with Gasteiger partial charge < -0.3 is 4.90 Å². The molecule has 1 aromatic carbocycles. The second kappa shape index (κ2) is 7.63. The molecule has 0 amide bonds. The summed E-state index contributed by atoms with van der Waals surface area (Å²) in [6.45, 7) is 4.17. The molecule has 4 rings (SSSR count). The number of rotatable bonds is 5. The highest BCUT2D eigenvalue weighted by molar-refractivity contribution is 5.95. The van der Waals surface area contributed by atoms with E-state index >= 15 is 0 Å². The van der Waals surface area contributed by atoms with E-state index in [4.69, 9.17) is 9.98 Å². The minimum atomic E-state index is -0.347. The number of aliphatic imine (C=N–C) groups is 1. The van der Waals surface area contributed by atoms with Gasteiger partial charge in [0, 0.05) is 17.3 Å². The van der Waals surface area contributed by atoms with Crippen molar-refractivity contribution in [2.75, 3.05) is 14.1 Å². The Balaban J connectivity index is 1.58. The van der Waals surface area contributed by atoms with Crippen molar-refractivity contribution in [2.45, 2.75) is 51.1 Å². The summed E-state index contributed by atoms with van der Waals surface area (Å²) in [4.78, 5) is 12.2. The van der Waals surface area contributed by atoms with Gasteiger partial charge in [-0.2, -0.15) is 0 Å². The van der Waals surface area contributed by atoms with Crippen LogP contribution in [-0.4, -0.2) is 35.7 Å². The molecule has 28 heavy (non-hydrogen) atoms. The van der Waals surface area contributed by atoms with Crippen LogP contribution in [-0.2, 0) is 12.0 Å². The molecule has 3 heteroatoms. The summed E-state index contributed by atoms with van der Waals surface area (Å²) in [5.74, 6) is 0.754. The topological polar surface area (TPSA) is 28.5 Å². The van der Waals surface area contributed by atoms with Gasteiger partial charge in [-0.05, 0) is 89.0 Å². The highest BCUT2D eigenvalue weighted by Crippen LogP contribution is 2.33. The van der Waals surface area contributed by atoms with Gasteiger partial charge in [0.25, 0.3) is 0 Å². The Morgan fingerprint density at radius 3 is 2.68 bits per heavy atom. The Bertz CT molecular complexity index is 912. The van der Waals surface area contributed by atoms with Crippen molar-refractivity contribution in [3.05, 3.63) is 65.9 Å². The number of benzene rings is 1. The van der Waals surface area contributed by atoms with Crippen LogP contribution in [0, 0.1) is 5.92 Å². The molecule has 0 N–H and O–H groups in total. The number of aromatic nitrogens is 1. The molecule has 3 nitrogen and oxygen atoms in total. The third-order valence-corrected chi connectivity index (χ3v) is 6.33. The molecule has 1 aliphatic carbocycles. The van der Waals surface area contributed by atoms with Crippen LogP contribution >= 0.6 is 0 Å². The Morgan fingerprint density at radius 2 is 1.93 bits per heavy atom. The van der Waals surface area contributed by atoms with Crippen molar-refractivity contribution in [1.82, 2.24) is 9.88 Å². The van der Waals surface area contributed by atoms with E-state index in [1.54, 1.807) is 0 Å². The lowest BCUT2D eigenvalue weighted by Gasteiger charge is -2.26. The number of nitrogens with zero attached hydrogens (tertiary/aromatic N) is 3. The van der Waals surface area contributed by atoms with Crippen LogP contribution in [0.1, 0.15) is 44.4 Å². The lowest BCUT2D eigenvalue weighted by Crippen LogP contribution is -2.32. The molecular formula is C25H31N3. The summed E-state index contributed by atoms with van der Waals surface area (Å²) in [6.07, 6.45) is 9.39. The van der Waals surface area contributed by atoms with Gasteiger partial charge >= 0.3 is 0 Å². The fourth-order valence-corrected chi connectivity index (χ4v) is 4.84. The molecule has 3 atom stereocenters. The summed E-state index contributed by atoms with van der Waals surface area (Å²) in [5, 5.41) is 0. The van der Waals surface area contributed by atoms with E-state index < -0.39 is 0 Å². The van der Waals surface area contributed by atoms with E-state index in [9.17, 15) is 0 Å². The lowest BCUT2D eigenvalue weighted by atomic mass is 9.92. The molecule has 0 saturated heterocycles. The zero-order chi connectivity index (χ0) is 19.7. The van der Waals surface area contributed by atoms with E-state index in [2.05, 4.69) is 80.5 Å². The van der Waals surface area contributed by atoms with Crippen LogP contribution in [0.15, 0.2) is 59.6 Å². The van der Waals surface area contributed by atoms with Gasteiger partial charge in [-0.25, -0.2) is 4.98 Å². The first-order chi connectivity index (χ1) is 13.4. The smallest absolute Gasteiger partial charge is 0.118 e. The van der Waals surface area contributed by atoms with Crippen molar-refractivity contribution in [3.63, 3.8) is 0 Å². The van der Waals surface area contributed by atoms with Crippen LogP contribution in [0.4, 0.5) is 0 Å². The molecule has 2 aromatic rings. The van der Waals surface area contributed by atoms with Gasteiger partial charge in [0.1, 0.15) is 5.54 Å². The van der Waals surface area contributed by atoms with Crippen molar-refractivity contribution in [1.29, 1.82) is 0 Å². The Kier molecular flexibility index (Phi) is 5.20. The number of hydrogen-bond donors (Lipinski definition) is 0. The molecule has 3 unspecified atom stereocenters. The van der Waals surface area contributed by atoms with Crippen LogP contribution in [0.3, 0.4) is 0 Å². The molecule has 2 heterocycles. The van der Waals surface area contributed by atoms with Crippen LogP contribution in [0.25, 0.3) is 11.3 Å². The van der Waals surface area contributed by atoms with E-state index in [0.717, 1.165) is 29.4 Å². The third kappa shape index (κ3) is 3.81. The minimum absolute atomic E-state index is 0.347. The molecule has 0 bridgehead atoms. The maximum Gasteiger partial charge on any atom is 0.118 e. The molecule has 146 valence electrons. The zero-order valence-electron chi connectivity index (χ0n) is 17.5. The quantitative estimate of drug-likeness (QED) is 0.714. The molecule has 1 saturated carbocycles. The van der Waals surface area contributed by atoms with Gasteiger partial charge in [0.2, 0.25) is 0 Å².